The maximum atomic E-state index is 12.5. The molecule has 0 radical (unpaired) electrons. The number of carbonyl (C=O) groups is 1. The molecule has 0 aliphatic rings. The van der Waals surface area contributed by atoms with E-state index >= 15 is 0 Å². The topological polar surface area (TPSA) is 33.2 Å². The van der Waals surface area contributed by atoms with Crippen LogP contribution in [0.3, 0.4) is 0 Å². The Labute approximate surface area is 107 Å². The number of para-hydroxylation sites is 1. The van der Waals surface area contributed by atoms with Gasteiger partial charge >= 0.3 is 0 Å². The lowest BCUT2D eigenvalue weighted by Crippen LogP contribution is -2.37. The predicted molar refractivity (Wildman–Crippen MR) is 72.6 cm³/mol. The smallest absolute Gasteiger partial charge is 0.258 e. The molecule has 92 valence electrons. The molecule has 1 heterocycles. The van der Waals surface area contributed by atoms with Crippen LogP contribution in [0.2, 0.25) is 0 Å². The van der Waals surface area contributed by atoms with Gasteiger partial charge in [-0.2, -0.15) is 0 Å². The van der Waals surface area contributed by atoms with Gasteiger partial charge < -0.3 is 4.90 Å². The molecule has 3 heteroatoms. The molecule has 2 rings (SSSR count). The highest BCUT2D eigenvalue weighted by atomic mass is 16.2. The van der Waals surface area contributed by atoms with E-state index in [0.29, 0.717) is 5.56 Å². The molecule has 0 aliphatic heterocycles. The Bertz CT molecular complexity index is 509. The van der Waals surface area contributed by atoms with Crippen molar-refractivity contribution < 1.29 is 4.79 Å². The van der Waals surface area contributed by atoms with Gasteiger partial charge in [-0.3, -0.25) is 9.78 Å². The first-order valence-corrected chi connectivity index (χ1v) is 5.99. The fourth-order valence-corrected chi connectivity index (χ4v) is 1.87. The zero-order chi connectivity index (χ0) is 13.0. The Morgan fingerprint density at radius 1 is 1.06 bits per heavy atom. The second-order valence-corrected chi connectivity index (χ2v) is 4.34. The zero-order valence-corrected chi connectivity index (χ0v) is 10.6. The van der Waals surface area contributed by atoms with E-state index in [1.54, 1.807) is 29.4 Å². The van der Waals surface area contributed by atoms with Crippen LogP contribution in [-0.4, -0.2) is 16.9 Å². The highest BCUT2D eigenvalue weighted by Crippen LogP contribution is 2.19. The van der Waals surface area contributed by atoms with E-state index in [1.807, 2.05) is 44.2 Å². The first-order chi connectivity index (χ1) is 8.70. The fourth-order valence-electron chi connectivity index (χ4n) is 1.87. The van der Waals surface area contributed by atoms with Crippen molar-refractivity contribution in [3.05, 3.63) is 60.4 Å². The molecule has 0 saturated carbocycles. The van der Waals surface area contributed by atoms with Gasteiger partial charge in [-0.05, 0) is 38.1 Å². The van der Waals surface area contributed by atoms with Crippen molar-refractivity contribution in [1.82, 2.24) is 4.98 Å². The molecule has 18 heavy (non-hydrogen) atoms. The van der Waals surface area contributed by atoms with Gasteiger partial charge in [-0.1, -0.05) is 18.2 Å². The second-order valence-electron chi connectivity index (χ2n) is 4.34. The molecule has 0 saturated heterocycles. The number of hydrogen-bond donors (Lipinski definition) is 0. The molecule has 0 aliphatic carbocycles. The molecule has 0 bridgehead atoms. The monoisotopic (exact) mass is 240 g/mol. The van der Waals surface area contributed by atoms with Crippen LogP contribution in [-0.2, 0) is 0 Å². The number of amides is 1. The van der Waals surface area contributed by atoms with Crippen molar-refractivity contribution in [2.45, 2.75) is 19.9 Å². The predicted octanol–water partition coefficient (Wildman–Crippen LogP) is 3.14. The number of carbonyl (C=O) groups excluding carboxylic acids is 1. The van der Waals surface area contributed by atoms with E-state index in [1.165, 1.54) is 0 Å². The first-order valence-electron chi connectivity index (χ1n) is 5.99. The van der Waals surface area contributed by atoms with Crippen molar-refractivity contribution in [1.29, 1.82) is 0 Å². The van der Waals surface area contributed by atoms with Crippen LogP contribution in [0.1, 0.15) is 24.2 Å². The summed E-state index contributed by atoms with van der Waals surface area (Å²) < 4.78 is 0. The van der Waals surface area contributed by atoms with Crippen LogP contribution in [0.15, 0.2) is 54.9 Å². The highest BCUT2D eigenvalue weighted by Gasteiger charge is 2.19. The summed E-state index contributed by atoms with van der Waals surface area (Å²) in [5.74, 6) is -0.00130. The summed E-state index contributed by atoms with van der Waals surface area (Å²) in [5.41, 5.74) is 1.57. The summed E-state index contributed by atoms with van der Waals surface area (Å²) >= 11 is 0. The van der Waals surface area contributed by atoms with E-state index in [2.05, 4.69) is 4.98 Å². The quantitative estimate of drug-likeness (QED) is 0.825. The van der Waals surface area contributed by atoms with Crippen LogP contribution in [0.4, 0.5) is 5.69 Å². The highest BCUT2D eigenvalue weighted by molar-refractivity contribution is 6.06. The summed E-state index contributed by atoms with van der Waals surface area (Å²) in [7, 11) is 0. The van der Waals surface area contributed by atoms with Crippen LogP contribution < -0.4 is 4.90 Å². The van der Waals surface area contributed by atoms with Crippen LogP contribution in [0.5, 0.6) is 0 Å². The van der Waals surface area contributed by atoms with Gasteiger partial charge in [0.15, 0.2) is 0 Å². The Morgan fingerprint density at radius 3 is 2.22 bits per heavy atom. The van der Waals surface area contributed by atoms with Gasteiger partial charge in [-0.15, -0.1) is 0 Å². The molecule has 1 aromatic heterocycles. The summed E-state index contributed by atoms with van der Waals surface area (Å²) in [4.78, 5) is 18.2. The van der Waals surface area contributed by atoms with Crippen molar-refractivity contribution in [3.63, 3.8) is 0 Å². The summed E-state index contributed by atoms with van der Waals surface area (Å²) in [6.07, 6.45) is 3.27. The lowest BCUT2D eigenvalue weighted by atomic mass is 10.1. The standard InChI is InChI=1S/C15H16N2O/c1-12(2)17(14-6-4-3-5-7-14)15(18)13-8-10-16-11-9-13/h3-12H,1-2H3. The van der Waals surface area contributed by atoms with Crippen molar-refractivity contribution in [2.24, 2.45) is 0 Å². The van der Waals surface area contributed by atoms with Gasteiger partial charge in [0.2, 0.25) is 0 Å². The van der Waals surface area contributed by atoms with Crippen molar-refractivity contribution in [2.75, 3.05) is 4.90 Å². The minimum atomic E-state index is -0.00130. The van der Waals surface area contributed by atoms with E-state index in [4.69, 9.17) is 0 Å². The number of hydrogen-bond acceptors (Lipinski definition) is 2. The third-order valence-electron chi connectivity index (χ3n) is 2.70. The van der Waals surface area contributed by atoms with Crippen LogP contribution in [0, 0.1) is 0 Å². The molecule has 3 nitrogen and oxygen atoms in total. The number of benzene rings is 1. The average molecular weight is 240 g/mol. The van der Waals surface area contributed by atoms with Crippen molar-refractivity contribution >= 4 is 11.6 Å². The number of anilines is 1. The number of pyridine rings is 1. The Balaban J connectivity index is 2.35. The van der Waals surface area contributed by atoms with E-state index in [0.717, 1.165) is 5.69 Å². The Hall–Kier alpha value is -2.16. The lowest BCUT2D eigenvalue weighted by Gasteiger charge is -2.26. The van der Waals surface area contributed by atoms with E-state index < -0.39 is 0 Å². The lowest BCUT2D eigenvalue weighted by molar-refractivity contribution is 0.0980. The Morgan fingerprint density at radius 2 is 1.67 bits per heavy atom. The van der Waals surface area contributed by atoms with E-state index in [9.17, 15) is 4.79 Å². The molecule has 0 unspecified atom stereocenters. The Kier molecular flexibility index (Phi) is 3.72. The van der Waals surface area contributed by atoms with Gasteiger partial charge in [0.05, 0.1) is 0 Å². The summed E-state index contributed by atoms with van der Waals surface area (Å²) in [5, 5.41) is 0. The van der Waals surface area contributed by atoms with Crippen molar-refractivity contribution in [3.8, 4) is 0 Å². The number of nitrogens with zero attached hydrogens (tertiary/aromatic N) is 2. The minimum absolute atomic E-state index is 0.00130. The molecule has 0 spiro atoms. The van der Waals surface area contributed by atoms with Gasteiger partial charge in [0, 0.05) is 29.7 Å². The molecular weight excluding hydrogens is 224 g/mol. The number of rotatable bonds is 3. The average Bonchev–Trinajstić information content (AvgIpc) is 2.40. The third kappa shape index (κ3) is 2.56. The van der Waals surface area contributed by atoms with E-state index in [-0.39, 0.29) is 11.9 Å². The minimum Gasteiger partial charge on any atom is -0.306 e. The summed E-state index contributed by atoms with van der Waals surface area (Å²) in [6, 6.07) is 13.3. The molecular formula is C15H16N2O. The summed E-state index contributed by atoms with van der Waals surface area (Å²) in [6.45, 7) is 4.01. The molecule has 1 amide bonds. The second kappa shape index (κ2) is 5.45. The largest absolute Gasteiger partial charge is 0.306 e. The maximum absolute atomic E-state index is 12.5. The fraction of sp³-hybridized carbons (Fsp3) is 0.200. The van der Waals surface area contributed by atoms with Crippen LogP contribution >= 0.6 is 0 Å². The first kappa shape index (κ1) is 12.3. The third-order valence-corrected chi connectivity index (χ3v) is 2.70. The van der Waals surface area contributed by atoms with Gasteiger partial charge in [-0.25, -0.2) is 0 Å². The van der Waals surface area contributed by atoms with Gasteiger partial charge in [0.1, 0.15) is 0 Å². The maximum Gasteiger partial charge on any atom is 0.258 e. The SMILES string of the molecule is CC(C)N(C(=O)c1ccncc1)c1ccccc1. The van der Waals surface area contributed by atoms with Crippen LogP contribution in [0.25, 0.3) is 0 Å². The molecule has 0 N–H and O–H groups in total. The molecule has 0 atom stereocenters. The molecule has 1 aromatic carbocycles. The molecule has 2 aromatic rings. The normalized spacial score (nSPS) is 10.4. The zero-order valence-electron chi connectivity index (χ0n) is 10.6. The van der Waals surface area contributed by atoms with Gasteiger partial charge in [0.25, 0.3) is 5.91 Å². The number of aromatic nitrogens is 1. The molecule has 0 fully saturated rings.